The second kappa shape index (κ2) is 5.24. The van der Waals surface area contributed by atoms with Gasteiger partial charge in [0, 0.05) is 32.5 Å². The maximum Gasteiger partial charge on any atom is 0.170 e. The second-order valence-electron chi connectivity index (χ2n) is 7.08. The fraction of sp³-hybridized carbons (Fsp3) is 1.00. The average molecular weight is 281 g/mol. The molecule has 114 valence electrons. The van der Waals surface area contributed by atoms with Gasteiger partial charge in [0.15, 0.2) is 5.79 Å². The van der Waals surface area contributed by atoms with Crippen molar-refractivity contribution in [3.8, 4) is 0 Å². The van der Waals surface area contributed by atoms with E-state index in [9.17, 15) is 0 Å². The molecule has 1 saturated carbocycles. The molecule has 2 spiro atoms. The summed E-state index contributed by atoms with van der Waals surface area (Å²) >= 11 is 0. The Kier molecular flexibility index (Phi) is 3.53. The predicted molar refractivity (Wildman–Crippen MR) is 75.6 cm³/mol. The first-order valence-electron chi connectivity index (χ1n) is 8.46. The molecule has 1 aliphatic carbocycles. The largest absolute Gasteiger partial charge is 0.370 e. The van der Waals surface area contributed by atoms with Gasteiger partial charge in [0.25, 0.3) is 0 Å². The molecule has 0 radical (unpaired) electrons. The van der Waals surface area contributed by atoms with Gasteiger partial charge in [-0.25, -0.2) is 0 Å². The first kappa shape index (κ1) is 13.5. The summed E-state index contributed by atoms with van der Waals surface area (Å²) in [6.45, 7) is 4.83. The topological polar surface area (TPSA) is 30.9 Å². The van der Waals surface area contributed by atoms with Crippen molar-refractivity contribution in [2.75, 3.05) is 32.8 Å². The molecule has 4 rings (SSSR count). The van der Waals surface area contributed by atoms with Gasteiger partial charge >= 0.3 is 0 Å². The maximum atomic E-state index is 6.43. The summed E-state index contributed by atoms with van der Waals surface area (Å²) < 4.78 is 18.0. The quantitative estimate of drug-likeness (QED) is 0.777. The summed E-state index contributed by atoms with van der Waals surface area (Å²) in [5, 5.41) is 0. The highest BCUT2D eigenvalue weighted by molar-refractivity contribution is 4.94. The van der Waals surface area contributed by atoms with Crippen LogP contribution in [0.5, 0.6) is 0 Å². The lowest BCUT2D eigenvalue weighted by Crippen LogP contribution is -2.47. The van der Waals surface area contributed by atoms with E-state index in [-0.39, 0.29) is 11.4 Å². The molecule has 1 unspecified atom stereocenters. The molecule has 0 aromatic rings. The number of ether oxygens (including phenoxy) is 3. The first-order valence-corrected chi connectivity index (χ1v) is 8.46. The molecule has 0 bridgehead atoms. The molecule has 4 aliphatic rings. The Bertz CT molecular complexity index is 338. The highest BCUT2D eigenvalue weighted by atomic mass is 16.7. The molecule has 0 amide bonds. The van der Waals surface area contributed by atoms with Gasteiger partial charge in [-0.3, -0.25) is 0 Å². The normalized spacial score (nSPS) is 36.3. The zero-order valence-corrected chi connectivity index (χ0v) is 12.4. The van der Waals surface area contributed by atoms with Crippen LogP contribution in [-0.2, 0) is 14.2 Å². The molecule has 0 aromatic carbocycles. The lowest BCUT2D eigenvalue weighted by Gasteiger charge is -2.38. The van der Waals surface area contributed by atoms with Crippen LogP contribution in [-0.4, -0.2) is 55.2 Å². The van der Waals surface area contributed by atoms with Crippen molar-refractivity contribution in [2.45, 2.75) is 68.9 Å². The van der Waals surface area contributed by atoms with Gasteiger partial charge in [0.1, 0.15) is 0 Å². The summed E-state index contributed by atoms with van der Waals surface area (Å²) in [5.74, 6) is -0.236. The third kappa shape index (κ3) is 2.52. The Morgan fingerprint density at radius 1 is 0.900 bits per heavy atom. The summed E-state index contributed by atoms with van der Waals surface area (Å²) in [5.41, 5.74) is 0.277. The van der Waals surface area contributed by atoms with Crippen LogP contribution in [0.15, 0.2) is 0 Å². The second-order valence-corrected chi connectivity index (χ2v) is 7.08. The van der Waals surface area contributed by atoms with Crippen molar-refractivity contribution in [3.05, 3.63) is 0 Å². The first-order chi connectivity index (χ1) is 9.78. The summed E-state index contributed by atoms with van der Waals surface area (Å²) in [6.07, 6.45) is 10.4. The minimum atomic E-state index is -0.236. The van der Waals surface area contributed by atoms with Gasteiger partial charge in [-0.05, 0) is 25.7 Å². The zero-order valence-electron chi connectivity index (χ0n) is 12.4. The molecule has 3 aliphatic heterocycles. The van der Waals surface area contributed by atoms with E-state index in [2.05, 4.69) is 4.90 Å². The van der Waals surface area contributed by atoms with Crippen molar-refractivity contribution < 1.29 is 14.2 Å². The lowest BCUT2D eigenvalue weighted by atomic mass is 9.98. The number of hydrogen-bond donors (Lipinski definition) is 0. The predicted octanol–water partition coefficient (Wildman–Crippen LogP) is 2.32. The molecule has 4 heteroatoms. The third-order valence-electron chi connectivity index (χ3n) is 5.75. The van der Waals surface area contributed by atoms with Crippen LogP contribution in [0.2, 0.25) is 0 Å². The fourth-order valence-electron chi connectivity index (χ4n) is 4.56. The van der Waals surface area contributed by atoms with E-state index < -0.39 is 0 Å². The van der Waals surface area contributed by atoms with Crippen LogP contribution in [0.3, 0.4) is 0 Å². The van der Waals surface area contributed by atoms with Crippen LogP contribution in [0.25, 0.3) is 0 Å². The SMILES string of the molecule is C1CCC2(C1)CCC(CN1CCC3(CC1)OCCO3)O2. The van der Waals surface area contributed by atoms with E-state index in [4.69, 9.17) is 14.2 Å². The molecule has 3 saturated heterocycles. The smallest absolute Gasteiger partial charge is 0.170 e. The van der Waals surface area contributed by atoms with Gasteiger partial charge in [-0.15, -0.1) is 0 Å². The van der Waals surface area contributed by atoms with E-state index in [1.165, 1.54) is 38.5 Å². The van der Waals surface area contributed by atoms with Crippen LogP contribution >= 0.6 is 0 Å². The third-order valence-corrected chi connectivity index (χ3v) is 5.75. The van der Waals surface area contributed by atoms with Gasteiger partial charge in [0.2, 0.25) is 0 Å². The van der Waals surface area contributed by atoms with Gasteiger partial charge < -0.3 is 19.1 Å². The lowest BCUT2D eigenvalue weighted by molar-refractivity contribution is -0.187. The molecule has 1 atom stereocenters. The monoisotopic (exact) mass is 281 g/mol. The van der Waals surface area contributed by atoms with E-state index in [1.807, 2.05) is 0 Å². The van der Waals surface area contributed by atoms with Gasteiger partial charge in [-0.1, -0.05) is 12.8 Å². The van der Waals surface area contributed by atoms with Crippen LogP contribution in [0, 0.1) is 0 Å². The molecule has 3 heterocycles. The molecule has 0 aromatic heterocycles. The van der Waals surface area contributed by atoms with Crippen molar-refractivity contribution in [1.29, 1.82) is 0 Å². The Morgan fingerprint density at radius 3 is 2.30 bits per heavy atom. The molecule has 20 heavy (non-hydrogen) atoms. The fourth-order valence-corrected chi connectivity index (χ4v) is 4.56. The minimum absolute atomic E-state index is 0.236. The Labute approximate surface area is 121 Å². The summed E-state index contributed by atoms with van der Waals surface area (Å²) in [7, 11) is 0. The average Bonchev–Trinajstić information content (AvgIpc) is 3.18. The number of rotatable bonds is 2. The van der Waals surface area contributed by atoms with E-state index in [0.717, 1.165) is 45.7 Å². The van der Waals surface area contributed by atoms with Gasteiger partial charge in [-0.2, -0.15) is 0 Å². The van der Waals surface area contributed by atoms with E-state index in [0.29, 0.717) is 6.10 Å². The summed E-state index contributed by atoms with van der Waals surface area (Å²) in [4.78, 5) is 2.55. The van der Waals surface area contributed by atoms with Crippen molar-refractivity contribution in [3.63, 3.8) is 0 Å². The van der Waals surface area contributed by atoms with E-state index >= 15 is 0 Å². The Balaban J connectivity index is 1.26. The van der Waals surface area contributed by atoms with Crippen molar-refractivity contribution >= 4 is 0 Å². The Morgan fingerprint density at radius 2 is 1.60 bits per heavy atom. The number of hydrogen-bond acceptors (Lipinski definition) is 4. The number of likely N-dealkylation sites (tertiary alicyclic amines) is 1. The van der Waals surface area contributed by atoms with Crippen molar-refractivity contribution in [1.82, 2.24) is 4.90 Å². The number of nitrogens with zero attached hydrogens (tertiary/aromatic N) is 1. The zero-order chi connectivity index (χ0) is 13.5. The maximum absolute atomic E-state index is 6.43. The molecular formula is C16H27NO3. The van der Waals surface area contributed by atoms with Crippen LogP contribution in [0.1, 0.15) is 51.4 Å². The molecule has 4 fully saturated rings. The molecular weight excluding hydrogens is 254 g/mol. The van der Waals surface area contributed by atoms with Gasteiger partial charge in [0.05, 0.1) is 24.9 Å². The van der Waals surface area contributed by atoms with Crippen molar-refractivity contribution in [2.24, 2.45) is 0 Å². The van der Waals surface area contributed by atoms with E-state index in [1.54, 1.807) is 0 Å². The highest BCUT2D eigenvalue weighted by Crippen LogP contribution is 2.43. The Hall–Kier alpha value is -0.160. The van der Waals surface area contributed by atoms with Crippen LogP contribution in [0.4, 0.5) is 0 Å². The highest BCUT2D eigenvalue weighted by Gasteiger charge is 2.44. The van der Waals surface area contributed by atoms with Crippen LogP contribution < -0.4 is 0 Å². The standard InChI is InChI=1S/C16H27NO3/c1-2-5-15(4-1)6-3-14(20-15)13-17-9-7-16(8-10-17)18-11-12-19-16/h14H,1-13H2. The molecule has 0 N–H and O–H groups in total. The minimum Gasteiger partial charge on any atom is -0.370 e. The molecule has 4 nitrogen and oxygen atoms in total. The number of piperidine rings is 1. The summed E-state index contributed by atoms with van der Waals surface area (Å²) in [6, 6.07) is 0.